The number of aliphatic hydroxyl groups excluding tert-OH is 1. The lowest BCUT2D eigenvalue weighted by atomic mass is 9.94. The number of hydrogen-bond donors (Lipinski definition) is 1. The Morgan fingerprint density at radius 1 is 1.16 bits per heavy atom. The van der Waals surface area contributed by atoms with Gasteiger partial charge in [0.2, 0.25) is 0 Å². The van der Waals surface area contributed by atoms with Crippen LogP contribution in [0.25, 0.3) is 5.76 Å². The van der Waals surface area contributed by atoms with Crippen LogP contribution in [0, 0.1) is 5.82 Å². The molecule has 1 amide bonds. The summed E-state index contributed by atoms with van der Waals surface area (Å²) in [5.41, 5.74) is 1.24. The smallest absolute Gasteiger partial charge is 0.296 e. The van der Waals surface area contributed by atoms with Crippen molar-refractivity contribution in [2.75, 3.05) is 0 Å². The van der Waals surface area contributed by atoms with Crippen molar-refractivity contribution in [3.63, 3.8) is 0 Å². The quantitative estimate of drug-likeness (QED) is 0.376. The number of aliphatic hydroxyl groups is 1. The Labute approximate surface area is 183 Å². The van der Waals surface area contributed by atoms with Crippen LogP contribution in [0.15, 0.2) is 70.9 Å². The Balaban J connectivity index is 1.65. The van der Waals surface area contributed by atoms with E-state index < -0.39 is 23.5 Å². The topological polar surface area (TPSA) is 80.0 Å². The molecule has 1 fully saturated rings. The molecule has 1 N–H and O–H groups in total. The van der Waals surface area contributed by atoms with E-state index in [0.717, 1.165) is 11.3 Å². The van der Waals surface area contributed by atoms with Crippen molar-refractivity contribution >= 4 is 17.4 Å². The molecule has 1 aromatic heterocycles. The summed E-state index contributed by atoms with van der Waals surface area (Å²) in [4.78, 5) is 27.2. The maximum absolute atomic E-state index is 14.8. The fourth-order valence-corrected chi connectivity index (χ4v) is 4.36. The Hall–Kier alpha value is -3.87. The first-order valence-electron chi connectivity index (χ1n) is 10.3. The van der Waals surface area contributed by atoms with Gasteiger partial charge in [-0.05, 0) is 48.9 Å². The lowest BCUT2D eigenvalue weighted by Crippen LogP contribution is -2.29. The first-order chi connectivity index (χ1) is 15.4. The number of rotatable bonds is 4. The Morgan fingerprint density at radius 3 is 2.72 bits per heavy atom. The molecule has 2 atom stereocenters. The van der Waals surface area contributed by atoms with Gasteiger partial charge in [-0.25, -0.2) is 4.39 Å². The number of halogens is 1. The number of amides is 1. The third-order valence-electron chi connectivity index (χ3n) is 5.82. The fourth-order valence-electron chi connectivity index (χ4n) is 4.36. The molecule has 0 saturated carbocycles. The highest BCUT2D eigenvalue weighted by Gasteiger charge is 2.47. The summed E-state index contributed by atoms with van der Waals surface area (Å²) in [6.07, 6.45) is 2.14. The zero-order valence-electron chi connectivity index (χ0n) is 17.2. The molecule has 0 spiro atoms. The van der Waals surface area contributed by atoms with Gasteiger partial charge >= 0.3 is 0 Å². The van der Waals surface area contributed by atoms with Gasteiger partial charge in [0.15, 0.2) is 0 Å². The summed E-state index contributed by atoms with van der Waals surface area (Å²) in [6.45, 7) is 1.90. The van der Waals surface area contributed by atoms with E-state index >= 15 is 0 Å². The number of ether oxygens (including phenoxy) is 1. The van der Waals surface area contributed by atoms with Gasteiger partial charge < -0.3 is 19.2 Å². The fraction of sp³-hybridized carbons (Fsp3) is 0.200. The average molecular weight is 433 g/mol. The SMILES string of the molecule is C[C@@H]1Cc2cc(C(O)=C3C(=O)C(=O)N(Cc4ccco4)[C@H]3c3ccccc3F)ccc2O1. The molecule has 0 aliphatic carbocycles. The highest BCUT2D eigenvalue weighted by Crippen LogP contribution is 2.42. The van der Waals surface area contributed by atoms with Crippen LogP contribution in [-0.2, 0) is 22.6 Å². The molecule has 2 aliphatic rings. The number of hydrogen-bond acceptors (Lipinski definition) is 5. The van der Waals surface area contributed by atoms with Crippen molar-refractivity contribution in [1.82, 2.24) is 4.90 Å². The number of furan rings is 1. The highest BCUT2D eigenvalue weighted by atomic mass is 19.1. The van der Waals surface area contributed by atoms with Gasteiger partial charge in [-0.1, -0.05) is 18.2 Å². The van der Waals surface area contributed by atoms with Crippen molar-refractivity contribution in [1.29, 1.82) is 0 Å². The van der Waals surface area contributed by atoms with Crippen molar-refractivity contribution in [3.8, 4) is 5.75 Å². The molecule has 7 heteroatoms. The summed E-state index contributed by atoms with van der Waals surface area (Å²) in [6, 6.07) is 13.3. The van der Waals surface area contributed by atoms with Crippen LogP contribution < -0.4 is 4.74 Å². The number of ketones is 1. The van der Waals surface area contributed by atoms with E-state index in [9.17, 15) is 19.1 Å². The molecule has 3 heterocycles. The summed E-state index contributed by atoms with van der Waals surface area (Å²) >= 11 is 0. The average Bonchev–Trinajstić information content (AvgIpc) is 3.48. The molecule has 162 valence electrons. The van der Waals surface area contributed by atoms with Gasteiger partial charge in [-0.2, -0.15) is 0 Å². The van der Waals surface area contributed by atoms with E-state index in [2.05, 4.69) is 0 Å². The third kappa shape index (κ3) is 3.26. The Kier molecular flexibility index (Phi) is 4.81. The van der Waals surface area contributed by atoms with Crippen LogP contribution in [0.2, 0.25) is 0 Å². The van der Waals surface area contributed by atoms with Crippen molar-refractivity contribution < 1.29 is 28.2 Å². The van der Waals surface area contributed by atoms with Gasteiger partial charge in [-0.3, -0.25) is 9.59 Å². The molecule has 6 nitrogen and oxygen atoms in total. The predicted octanol–water partition coefficient (Wildman–Crippen LogP) is 4.36. The van der Waals surface area contributed by atoms with Gasteiger partial charge in [0.1, 0.15) is 29.2 Å². The normalized spacial score (nSPS) is 21.6. The maximum atomic E-state index is 14.8. The largest absolute Gasteiger partial charge is 0.507 e. The Bertz CT molecular complexity index is 1250. The molecule has 32 heavy (non-hydrogen) atoms. The van der Waals surface area contributed by atoms with Crippen molar-refractivity contribution in [3.05, 3.63) is 94.7 Å². The van der Waals surface area contributed by atoms with Crippen molar-refractivity contribution in [2.24, 2.45) is 0 Å². The first-order valence-corrected chi connectivity index (χ1v) is 10.3. The van der Waals surface area contributed by atoms with Crippen molar-refractivity contribution in [2.45, 2.75) is 32.0 Å². The van der Waals surface area contributed by atoms with Crippen LogP contribution in [0.5, 0.6) is 5.75 Å². The lowest BCUT2D eigenvalue weighted by Gasteiger charge is -2.24. The zero-order valence-corrected chi connectivity index (χ0v) is 17.2. The highest BCUT2D eigenvalue weighted by molar-refractivity contribution is 6.46. The number of nitrogens with zero attached hydrogens (tertiary/aromatic N) is 1. The monoisotopic (exact) mass is 433 g/mol. The van der Waals surface area contributed by atoms with E-state index in [1.165, 1.54) is 29.4 Å². The number of Topliss-reactive ketones (excluding diaryl/α,β-unsaturated/α-hetero) is 1. The summed E-state index contributed by atoms with van der Waals surface area (Å²) in [5.74, 6) is -1.46. The van der Waals surface area contributed by atoms with E-state index in [1.807, 2.05) is 6.92 Å². The molecule has 5 rings (SSSR count). The van der Waals surface area contributed by atoms with Gasteiger partial charge in [0.05, 0.1) is 24.4 Å². The molecule has 1 saturated heterocycles. The second-order valence-electron chi connectivity index (χ2n) is 7.98. The maximum Gasteiger partial charge on any atom is 0.296 e. The minimum absolute atomic E-state index is 0.0136. The van der Waals surface area contributed by atoms with Crippen LogP contribution >= 0.6 is 0 Å². The molecular weight excluding hydrogens is 413 g/mol. The minimum atomic E-state index is -1.09. The third-order valence-corrected chi connectivity index (χ3v) is 5.82. The molecule has 0 bridgehead atoms. The summed E-state index contributed by atoms with van der Waals surface area (Å²) in [7, 11) is 0. The number of carbonyl (C=O) groups is 2. The van der Waals surface area contributed by atoms with Gasteiger partial charge in [0, 0.05) is 17.5 Å². The second-order valence-corrected chi connectivity index (χ2v) is 7.98. The number of likely N-dealkylation sites (tertiary alicyclic amines) is 1. The molecule has 2 aromatic carbocycles. The van der Waals surface area contributed by atoms with Crippen LogP contribution in [0.3, 0.4) is 0 Å². The summed E-state index contributed by atoms with van der Waals surface area (Å²) in [5, 5.41) is 11.2. The Morgan fingerprint density at radius 2 is 1.97 bits per heavy atom. The van der Waals surface area contributed by atoms with E-state index in [4.69, 9.17) is 9.15 Å². The number of benzene rings is 2. The first kappa shape index (κ1) is 20.1. The second kappa shape index (κ2) is 7.67. The van der Waals surface area contributed by atoms with E-state index in [1.54, 1.807) is 36.4 Å². The van der Waals surface area contributed by atoms with Gasteiger partial charge in [-0.15, -0.1) is 0 Å². The van der Waals surface area contributed by atoms with Crippen LogP contribution in [-0.4, -0.2) is 27.8 Å². The van der Waals surface area contributed by atoms with E-state index in [-0.39, 0.29) is 29.5 Å². The molecular formula is C25H20FNO5. The predicted molar refractivity (Wildman–Crippen MR) is 113 cm³/mol. The zero-order chi connectivity index (χ0) is 22.4. The molecule has 2 aliphatic heterocycles. The minimum Gasteiger partial charge on any atom is -0.507 e. The van der Waals surface area contributed by atoms with Gasteiger partial charge in [0.25, 0.3) is 11.7 Å². The molecule has 0 unspecified atom stereocenters. The lowest BCUT2D eigenvalue weighted by molar-refractivity contribution is -0.140. The summed E-state index contributed by atoms with van der Waals surface area (Å²) < 4.78 is 25.9. The molecule has 3 aromatic rings. The number of fused-ring (bicyclic) bond motifs is 1. The van der Waals surface area contributed by atoms with Crippen LogP contribution in [0.1, 0.15) is 35.4 Å². The van der Waals surface area contributed by atoms with Crippen LogP contribution in [0.4, 0.5) is 4.39 Å². The standard InChI is InChI=1S/C25H20FNO5/c1-14-11-16-12-15(8-9-20(16)32-14)23(28)21-22(18-6-2-3-7-19(18)26)27(25(30)24(21)29)13-17-5-4-10-31-17/h2-10,12,14,22,28H,11,13H2,1H3/t14-,22+/m1/s1. The number of carbonyl (C=O) groups excluding carboxylic acids is 2. The van der Waals surface area contributed by atoms with E-state index in [0.29, 0.717) is 17.7 Å². The molecule has 0 radical (unpaired) electrons.